The fourth-order valence-electron chi connectivity index (χ4n) is 1.51. The van der Waals surface area contributed by atoms with Crippen molar-refractivity contribution >= 4 is 20.0 Å². The van der Waals surface area contributed by atoms with Crippen molar-refractivity contribution in [3.63, 3.8) is 0 Å². The molecule has 96 valence electrons. The van der Waals surface area contributed by atoms with E-state index in [1.807, 2.05) is 0 Å². The summed E-state index contributed by atoms with van der Waals surface area (Å²) in [6, 6.07) is 0. The summed E-state index contributed by atoms with van der Waals surface area (Å²) in [5.41, 5.74) is -1.23. The normalized spacial score (nSPS) is 20.4. The van der Waals surface area contributed by atoms with Crippen LogP contribution in [0.5, 0.6) is 0 Å². The summed E-state index contributed by atoms with van der Waals surface area (Å²) >= 11 is 0. The van der Waals surface area contributed by atoms with E-state index in [-0.39, 0.29) is 11.7 Å². The quantitative estimate of drug-likeness (QED) is 0.645. The highest BCUT2D eigenvalue weighted by Crippen LogP contribution is 2.21. The van der Waals surface area contributed by atoms with Crippen molar-refractivity contribution in [2.45, 2.75) is 18.8 Å². The lowest BCUT2D eigenvalue weighted by Crippen LogP contribution is -2.52. The molecule has 0 aromatic carbocycles. The van der Waals surface area contributed by atoms with Crippen molar-refractivity contribution in [1.82, 2.24) is 5.32 Å². The molecule has 0 saturated carbocycles. The Kier molecular flexibility index (Phi) is 4.33. The molecule has 1 saturated heterocycles. The molecule has 1 atom stereocenters. The van der Waals surface area contributed by atoms with Gasteiger partial charge in [-0.25, -0.2) is 8.42 Å². The molecule has 1 rings (SSSR count). The number of hydrogen-bond acceptors (Lipinski definition) is 6. The number of hydrogen-bond donors (Lipinski definition) is 1. The van der Waals surface area contributed by atoms with Crippen LogP contribution in [0.2, 0.25) is 0 Å². The van der Waals surface area contributed by atoms with E-state index in [1.54, 1.807) is 6.92 Å². The zero-order valence-corrected chi connectivity index (χ0v) is 11.0. The molecular weight excluding hydrogens is 254 g/mol. The third kappa shape index (κ3) is 3.69. The van der Waals surface area contributed by atoms with Crippen LogP contribution >= 0.6 is 0 Å². The van der Waals surface area contributed by atoms with E-state index in [2.05, 4.69) is 5.32 Å². The molecule has 0 radical (unpaired) electrons. The maximum atomic E-state index is 11.8. The van der Waals surface area contributed by atoms with Crippen LogP contribution in [0.4, 0.5) is 0 Å². The van der Waals surface area contributed by atoms with E-state index in [1.165, 1.54) is 0 Å². The average Bonchev–Trinajstić information content (AvgIpc) is 1.96. The molecule has 1 fully saturated rings. The first kappa shape index (κ1) is 13.9. The number of nitrogens with one attached hydrogen (secondary N) is 1. The standard InChI is InChI=1S/C8H17NO5S2/c1-3-4-16(12,13)8(7-5-9-6-7)14-15(2,10)11/h7-9H,3-6H2,1-2H3. The van der Waals surface area contributed by atoms with Crippen LogP contribution in [0.15, 0.2) is 0 Å². The lowest BCUT2D eigenvalue weighted by molar-refractivity contribution is 0.167. The summed E-state index contributed by atoms with van der Waals surface area (Å²) in [6.07, 6.45) is 1.32. The van der Waals surface area contributed by atoms with Crippen molar-refractivity contribution in [1.29, 1.82) is 0 Å². The van der Waals surface area contributed by atoms with Crippen LogP contribution < -0.4 is 5.32 Å². The lowest BCUT2D eigenvalue weighted by atomic mass is 10.1. The third-order valence-corrected chi connectivity index (χ3v) is 5.16. The highest BCUT2D eigenvalue weighted by Gasteiger charge is 2.39. The minimum Gasteiger partial charge on any atom is -0.316 e. The van der Waals surface area contributed by atoms with Crippen LogP contribution in [-0.4, -0.2) is 47.4 Å². The minimum atomic E-state index is -3.75. The van der Waals surface area contributed by atoms with E-state index < -0.39 is 25.4 Å². The smallest absolute Gasteiger partial charge is 0.265 e. The van der Waals surface area contributed by atoms with Gasteiger partial charge in [-0.15, -0.1) is 0 Å². The first-order valence-corrected chi connectivity index (χ1v) is 8.60. The predicted octanol–water partition coefficient (Wildman–Crippen LogP) is -0.667. The molecule has 0 bridgehead atoms. The van der Waals surface area contributed by atoms with Gasteiger partial charge in [-0.2, -0.15) is 8.42 Å². The maximum Gasteiger partial charge on any atom is 0.265 e. The molecule has 1 unspecified atom stereocenters. The van der Waals surface area contributed by atoms with Gasteiger partial charge in [0.15, 0.2) is 15.3 Å². The number of sulfone groups is 1. The fourth-order valence-corrected chi connectivity index (χ4v) is 4.50. The molecular formula is C8H17NO5S2. The second-order valence-electron chi connectivity index (χ2n) is 3.95. The first-order valence-electron chi connectivity index (χ1n) is 5.07. The predicted molar refractivity (Wildman–Crippen MR) is 60.2 cm³/mol. The topological polar surface area (TPSA) is 89.5 Å². The summed E-state index contributed by atoms with van der Waals surface area (Å²) in [6.45, 7) is 2.68. The van der Waals surface area contributed by atoms with Gasteiger partial charge in [-0.05, 0) is 6.42 Å². The Morgan fingerprint density at radius 3 is 2.19 bits per heavy atom. The summed E-state index contributed by atoms with van der Waals surface area (Å²) in [7, 11) is -7.26. The summed E-state index contributed by atoms with van der Waals surface area (Å²) in [4.78, 5) is 0. The number of rotatable bonds is 6. The van der Waals surface area contributed by atoms with Crippen LogP contribution in [0.3, 0.4) is 0 Å². The lowest BCUT2D eigenvalue weighted by Gasteiger charge is -2.33. The Hall–Kier alpha value is -0.180. The van der Waals surface area contributed by atoms with Gasteiger partial charge in [0, 0.05) is 19.0 Å². The Bertz CT molecular complexity index is 423. The van der Waals surface area contributed by atoms with Gasteiger partial charge < -0.3 is 5.32 Å². The van der Waals surface area contributed by atoms with Gasteiger partial charge in [0.25, 0.3) is 10.1 Å². The zero-order chi connectivity index (χ0) is 12.4. The van der Waals surface area contributed by atoms with Crippen molar-refractivity contribution < 1.29 is 21.0 Å². The highest BCUT2D eigenvalue weighted by atomic mass is 32.2. The Morgan fingerprint density at radius 2 is 1.88 bits per heavy atom. The molecule has 0 aromatic rings. The zero-order valence-electron chi connectivity index (χ0n) is 9.34. The maximum absolute atomic E-state index is 11.8. The molecule has 1 aliphatic rings. The van der Waals surface area contributed by atoms with Gasteiger partial charge in [0.1, 0.15) is 0 Å². The molecule has 16 heavy (non-hydrogen) atoms. The van der Waals surface area contributed by atoms with Gasteiger partial charge in [0.2, 0.25) is 0 Å². The molecule has 1 heterocycles. The summed E-state index contributed by atoms with van der Waals surface area (Å²) < 4.78 is 50.4. The summed E-state index contributed by atoms with van der Waals surface area (Å²) in [5.74, 6) is -0.324. The summed E-state index contributed by atoms with van der Waals surface area (Å²) in [5, 5.41) is 2.90. The molecule has 1 N–H and O–H groups in total. The van der Waals surface area contributed by atoms with Gasteiger partial charge in [0.05, 0.1) is 12.0 Å². The van der Waals surface area contributed by atoms with Crippen LogP contribution in [0.25, 0.3) is 0 Å². The Balaban J connectivity index is 2.87. The van der Waals surface area contributed by atoms with Crippen LogP contribution in [0.1, 0.15) is 13.3 Å². The molecule has 6 nitrogen and oxygen atoms in total. The fraction of sp³-hybridized carbons (Fsp3) is 1.00. The van der Waals surface area contributed by atoms with E-state index in [0.29, 0.717) is 19.5 Å². The van der Waals surface area contributed by atoms with E-state index >= 15 is 0 Å². The molecule has 1 aliphatic heterocycles. The van der Waals surface area contributed by atoms with Crippen molar-refractivity contribution in [2.24, 2.45) is 5.92 Å². The van der Waals surface area contributed by atoms with Crippen LogP contribution in [0, 0.1) is 5.92 Å². The average molecular weight is 271 g/mol. The van der Waals surface area contributed by atoms with Crippen molar-refractivity contribution in [3.8, 4) is 0 Å². The van der Waals surface area contributed by atoms with Crippen molar-refractivity contribution in [3.05, 3.63) is 0 Å². The minimum absolute atomic E-state index is 0.0519. The second-order valence-corrected chi connectivity index (χ2v) is 7.75. The van der Waals surface area contributed by atoms with Crippen LogP contribution in [-0.2, 0) is 24.1 Å². The largest absolute Gasteiger partial charge is 0.316 e. The monoisotopic (exact) mass is 271 g/mol. The second kappa shape index (κ2) is 4.99. The third-order valence-electron chi connectivity index (χ3n) is 2.31. The molecule has 0 aliphatic carbocycles. The van der Waals surface area contributed by atoms with Crippen molar-refractivity contribution in [2.75, 3.05) is 25.1 Å². The van der Waals surface area contributed by atoms with Gasteiger partial charge in [-0.3, -0.25) is 4.18 Å². The van der Waals surface area contributed by atoms with Gasteiger partial charge in [-0.1, -0.05) is 6.92 Å². The molecule has 0 aromatic heterocycles. The molecule has 8 heteroatoms. The SMILES string of the molecule is CCCS(=O)(=O)C(OS(C)(=O)=O)C1CNC1. The highest BCUT2D eigenvalue weighted by molar-refractivity contribution is 7.93. The van der Waals surface area contributed by atoms with E-state index in [9.17, 15) is 16.8 Å². The first-order chi connectivity index (χ1) is 7.26. The Morgan fingerprint density at radius 1 is 1.31 bits per heavy atom. The van der Waals surface area contributed by atoms with E-state index in [4.69, 9.17) is 4.18 Å². The van der Waals surface area contributed by atoms with E-state index in [0.717, 1.165) is 6.26 Å². The molecule has 0 amide bonds. The Labute approximate surface area is 96.4 Å². The molecule has 0 spiro atoms. The van der Waals surface area contributed by atoms with Gasteiger partial charge >= 0.3 is 0 Å².